The van der Waals surface area contributed by atoms with E-state index in [2.05, 4.69) is 0 Å². The van der Waals surface area contributed by atoms with E-state index in [0.29, 0.717) is 12.1 Å². The smallest absolute Gasteiger partial charge is 1.00 e. The topological polar surface area (TPSA) is 0 Å². The second kappa shape index (κ2) is 5.97. The predicted octanol–water partition coefficient (Wildman–Crippen LogP) is 0.148. The van der Waals surface area contributed by atoms with Crippen LogP contribution in [0.15, 0.2) is 18.2 Å². The van der Waals surface area contributed by atoms with Crippen LogP contribution in [0.25, 0.3) is 0 Å². The summed E-state index contributed by atoms with van der Waals surface area (Å²) in [5.74, 6) is 0. The summed E-state index contributed by atoms with van der Waals surface area (Å²) in [6.45, 7) is 0. The van der Waals surface area contributed by atoms with Gasteiger partial charge >= 0.3 is 35.4 Å². The summed E-state index contributed by atoms with van der Waals surface area (Å²) in [4.78, 5) is 0. The quantitative estimate of drug-likeness (QED) is 0.358. The second-order valence-corrected chi connectivity index (χ2v) is 2.51. The van der Waals surface area contributed by atoms with Gasteiger partial charge in [-0.25, -0.2) is 0 Å². The fourth-order valence-electron chi connectivity index (χ4n) is 0.799. The number of hydrogen-bond donors (Lipinski definition) is 0. The summed E-state index contributed by atoms with van der Waals surface area (Å²) in [5.41, 5.74) is -2.71. The van der Waals surface area contributed by atoms with Crippen LogP contribution in [0.3, 0.4) is 0 Å². The van der Waals surface area contributed by atoms with Crippen molar-refractivity contribution in [3.8, 4) is 0 Å². The van der Waals surface area contributed by atoms with Gasteiger partial charge in [0.05, 0.1) is 0 Å². The third-order valence-corrected chi connectivity index (χ3v) is 1.44. The van der Waals surface area contributed by atoms with Gasteiger partial charge in [0, 0.05) is 0 Å². The Labute approximate surface area is 110 Å². The average molecular weight is 273 g/mol. The predicted molar refractivity (Wildman–Crippen MR) is 41.0 cm³/mol. The van der Waals surface area contributed by atoms with Crippen molar-refractivity contribution < 1.29 is 38.7 Å². The minimum Gasteiger partial charge on any atom is -1.00 e. The molecule has 16 heavy (non-hydrogen) atoms. The van der Waals surface area contributed by atoms with E-state index < -0.39 is 23.5 Å². The fraction of sp³-hybridized carbons (Fsp3) is 0.250. The Morgan fingerprint density at radius 1 is 0.812 bits per heavy atom. The van der Waals surface area contributed by atoms with Crippen molar-refractivity contribution in [3.05, 3.63) is 35.4 Å². The molecule has 0 aliphatic rings. The summed E-state index contributed by atoms with van der Waals surface area (Å²) < 4.78 is 71.8. The van der Waals surface area contributed by atoms with Crippen molar-refractivity contribution in [3.63, 3.8) is 0 Å². The zero-order valence-electron chi connectivity index (χ0n) is 7.58. The summed E-state index contributed by atoms with van der Waals surface area (Å²) in [6, 6.07) is 2.79. The Bertz CT molecular complexity index is 303. The van der Waals surface area contributed by atoms with Crippen molar-refractivity contribution in [2.24, 2.45) is 0 Å². The van der Waals surface area contributed by atoms with Gasteiger partial charge < -0.3 is 12.4 Å². The number of alkyl halides is 6. The van der Waals surface area contributed by atoms with Gasteiger partial charge in [-0.05, 0) is 0 Å². The number of hydrogen-bond acceptors (Lipinski definition) is 0. The molecule has 0 radical (unpaired) electrons. The molecule has 0 heterocycles. The molecule has 0 saturated carbocycles. The third-order valence-electron chi connectivity index (χ3n) is 1.44. The van der Waals surface area contributed by atoms with Gasteiger partial charge in [-0.3, -0.25) is 0 Å². The van der Waals surface area contributed by atoms with Gasteiger partial charge in [0.15, 0.2) is 0 Å². The van der Waals surface area contributed by atoms with Crippen molar-refractivity contribution >= 4 is 23.1 Å². The first kappa shape index (κ1) is 18.2. The van der Waals surface area contributed by atoms with Crippen LogP contribution >= 0.6 is 0 Å². The molecule has 0 aromatic heterocycles. The van der Waals surface area contributed by atoms with E-state index in [0.717, 1.165) is 0 Å². The molecule has 0 aliphatic carbocycles. The van der Waals surface area contributed by atoms with Crippen LogP contribution in [0.2, 0.25) is 0 Å². The number of benzene rings is 1. The molecule has 1 aromatic rings. The Hall–Kier alpha value is -0.144. The molecule has 0 fully saturated rings. The largest absolute Gasteiger partial charge is 2.00 e. The maximum atomic E-state index is 12.0. The van der Waals surface area contributed by atoms with E-state index in [4.69, 9.17) is 0 Å². The van der Waals surface area contributed by atoms with Crippen molar-refractivity contribution in [2.45, 2.75) is 12.4 Å². The van der Waals surface area contributed by atoms with Crippen molar-refractivity contribution in [1.29, 1.82) is 0 Å². The van der Waals surface area contributed by atoms with Gasteiger partial charge in [-0.1, -0.05) is 11.1 Å². The van der Waals surface area contributed by atoms with E-state index >= 15 is 0 Å². The SMILES string of the molecule is FC(F)(F)c1c[c-]cc(C(F)(F)F)c1.[Cl-].[Mg+2]. The summed E-state index contributed by atoms with van der Waals surface area (Å²) in [5, 5.41) is 0. The average Bonchev–Trinajstić information content (AvgIpc) is 2.01. The maximum Gasteiger partial charge on any atom is 2.00 e. The first-order valence-corrected chi connectivity index (χ1v) is 3.37. The van der Waals surface area contributed by atoms with Crippen LogP contribution in [-0.2, 0) is 12.4 Å². The Balaban J connectivity index is 0. The van der Waals surface area contributed by atoms with Gasteiger partial charge in [-0.2, -0.15) is 44.5 Å². The van der Waals surface area contributed by atoms with E-state index in [1.807, 2.05) is 0 Å². The number of halogens is 7. The molecule has 8 heteroatoms. The Morgan fingerprint density at radius 2 is 1.12 bits per heavy atom. The van der Waals surface area contributed by atoms with Crippen molar-refractivity contribution in [1.82, 2.24) is 0 Å². The van der Waals surface area contributed by atoms with E-state index in [9.17, 15) is 26.3 Å². The first-order chi connectivity index (χ1) is 6.21. The molecule has 0 bridgehead atoms. The zero-order valence-corrected chi connectivity index (χ0v) is 9.76. The van der Waals surface area contributed by atoms with E-state index in [1.165, 1.54) is 0 Å². The molecule has 0 amide bonds. The van der Waals surface area contributed by atoms with Crippen LogP contribution < -0.4 is 12.4 Å². The molecule has 1 rings (SSSR count). The summed E-state index contributed by atoms with van der Waals surface area (Å²) >= 11 is 0. The standard InChI is InChI=1S/C8H3F6.ClH.Mg/c9-7(10,11)5-2-1-3-6(4-5)8(12,13)14;;/h2-4H;1H;/q-1;;+2/p-1. The van der Waals surface area contributed by atoms with Crippen LogP contribution in [0.4, 0.5) is 26.3 Å². The molecule has 0 spiro atoms. The summed E-state index contributed by atoms with van der Waals surface area (Å²) in [6.07, 6.45) is -9.56. The molecule has 0 saturated heterocycles. The Kier molecular flexibility index (Phi) is 6.80. The molecule has 1 aromatic carbocycles. The Morgan fingerprint density at radius 3 is 1.38 bits per heavy atom. The van der Waals surface area contributed by atoms with E-state index in [-0.39, 0.29) is 41.5 Å². The molecule has 0 atom stereocenters. The molecular formula is C8H3ClF6Mg. The normalized spacial score (nSPS) is 11.4. The van der Waals surface area contributed by atoms with Crippen LogP contribution in [-0.4, -0.2) is 23.1 Å². The van der Waals surface area contributed by atoms with Crippen molar-refractivity contribution in [2.75, 3.05) is 0 Å². The van der Waals surface area contributed by atoms with Gasteiger partial charge in [0.25, 0.3) is 0 Å². The molecular weight excluding hydrogens is 270 g/mol. The minimum absolute atomic E-state index is 0. The molecule has 86 valence electrons. The number of rotatable bonds is 0. The molecule has 0 aliphatic heterocycles. The van der Waals surface area contributed by atoms with Crippen LogP contribution in [0, 0.1) is 6.07 Å². The van der Waals surface area contributed by atoms with Crippen LogP contribution in [0.5, 0.6) is 0 Å². The van der Waals surface area contributed by atoms with Gasteiger partial charge in [0.2, 0.25) is 0 Å². The zero-order chi connectivity index (χ0) is 11.0. The third kappa shape index (κ3) is 4.79. The molecule has 0 nitrogen and oxygen atoms in total. The monoisotopic (exact) mass is 272 g/mol. The second-order valence-electron chi connectivity index (χ2n) is 2.51. The minimum atomic E-state index is -4.78. The summed E-state index contributed by atoms with van der Waals surface area (Å²) in [7, 11) is 0. The fourth-order valence-corrected chi connectivity index (χ4v) is 0.799. The first-order valence-electron chi connectivity index (χ1n) is 3.37. The van der Waals surface area contributed by atoms with Crippen LogP contribution in [0.1, 0.15) is 11.1 Å². The van der Waals surface area contributed by atoms with Gasteiger partial charge in [-0.15, -0.1) is 6.07 Å². The van der Waals surface area contributed by atoms with Gasteiger partial charge in [0.1, 0.15) is 0 Å². The van der Waals surface area contributed by atoms with E-state index in [1.54, 1.807) is 6.07 Å². The molecule has 0 N–H and O–H groups in total. The molecule has 0 unspecified atom stereocenters. The maximum absolute atomic E-state index is 12.0.